The van der Waals surface area contributed by atoms with Crippen molar-refractivity contribution >= 4 is 23.6 Å². The number of rotatable bonds is 9. The number of hydrogen-bond donors (Lipinski definition) is 2. The summed E-state index contributed by atoms with van der Waals surface area (Å²) in [6.45, 7) is 4.95. The Hall–Kier alpha value is -3.72. The van der Waals surface area contributed by atoms with E-state index in [9.17, 15) is 9.59 Å². The summed E-state index contributed by atoms with van der Waals surface area (Å²) in [7, 11) is 0. The summed E-state index contributed by atoms with van der Waals surface area (Å²) >= 11 is 0. The lowest BCUT2D eigenvalue weighted by molar-refractivity contribution is -0.111. The summed E-state index contributed by atoms with van der Waals surface area (Å²) in [5, 5.41) is 5.30. The van der Waals surface area contributed by atoms with Crippen molar-refractivity contribution in [2.75, 3.05) is 25.1 Å². The summed E-state index contributed by atoms with van der Waals surface area (Å²) < 4.78 is 11.1. The van der Waals surface area contributed by atoms with Gasteiger partial charge in [0.15, 0.2) is 11.5 Å². The molecule has 0 aromatic heterocycles. The SMILES string of the molecule is C#CCNC(=O)c1ccccc1NC(=O)C=Cc1ccc(OCC)c(OCC)c1. The Balaban J connectivity index is 2.12. The van der Waals surface area contributed by atoms with E-state index in [1.54, 1.807) is 42.5 Å². The Labute approximate surface area is 170 Å². The zero-order valence-corrected chi connectivity index (χ0v) is 16.5. The van der Waals surface area contributed by atoms with Crippen LogP contribution < -0.4 is 20.1 Å². The van der Waals surface area contributed by atoms with E-state index < -0.39 is 0 Å². The van der Waals surface area contributed by atoms with Crippen molar-refractivity contribution in [2.45, 2.75) is 13.8 Å². The van der Waals surface area contributed by atoms with Gasteiger partial charge in [0.1, 0.15) is 0 Å². The second kappa shape index (κ2) is 11.2. The van der Waals surface area contributed by atoms with E-state index in [1.807, 2.05) is 19.9 Å². The van der Waals surface area contributed by atoms with Gasteiger partial charge in [-0.2, -0.15) is 0 Å². The third-order valence-electron chi connectivity index (χ3n) is 3.78. The fraction of sp³-hybridized carbons (Fsp3) is 0.217. The van der Waals surface area contributed by atoms with Crippen LogP contribution in [0.15, 0.2) is 48.5 Å². The molecule has 2 aromatic carbocycles. The van der Waals surface area contributed by atoms with Crippen molar-refractivity contribution in [1.82, 2.24) is 5.32 Å². The highest BCUT2D eigenvalue weighted by Gasteiger charge is 2.11. The Morgan fingerprint density at radius 1 is 1.07 bits per heavy atom. The molecule has 0 fully saturated rings. The minimum atomic E-state index is -0.367. The van der Waals surface area contributed by atoms with Crippen molar-refractivity contribution in [3.8, 4) is 23.8 Å². The van der Waals surface area contributed by atoms with Crippen LogP contribution in [-0.2, 0) is 4.79 Å². The summed E-state index contributed by atoms with van der Waals surface area (Å²) in [5.74, 6) is 2.90. The van der Waals surface area contributed by atoms with E-state index in [-0.39, 0.29) is 18.4 Å². The van der Waals surface area contributed by atoms with Gasteiger partial charge in [-0.15, -0.1) is 6.42 Å². The highest BCUT2D eigenvalue weighted by atomic mass is 16.5. The van der Waals surface area contributed by atoms with E-state index in [4.69, 9.17) is 15.9 Å². The molecule has 6 heteroatoms. The molecule has 150 valence electrons. The lowest BCUT2D eigenvalue weighted by Gasteiger charge is -2.11. The number of ether oxygens (including phenoxy) is 2. The minimum absolute atomic E-state index is 0.112. The minimum Gasteiger partial charge on any atom is -0.490 e. The first-order valence-corrected chi connectivity index (χ1v) is 9.28. The van der Waals surface area contributed by atoms with Crippen molar-refractivity contribution in [3.63, 3.8) is 0 Å². The van der Waals surface area contributed by atoms with E-state index in [1.165, 1.54) is 6.08 Å². The van der Waals surface area contributed by atoms with Crippen LogP contribution in [0.4, 0.5) is 5.69 Å². The number of amides is 2. The van der Waals surface area contributed by atoms with Gasteiger partial charge in [0.25, 0.3) is 5.91 Å². The van der Waals surface area contributed by atoms with Crippen LogP contribution in [0.3, 0.4) is 0 Å². The van der Waals surface area contributed by atoms with Crippen LogP contribution in [0.1, 0.15) is 29.8 Å². The van der Waals surface area contributed by atoms with Gasteiger partial charge in [0, 0.05) is 6.08 Å². The van der Waals surface area contributed by atoms with E-state index in [0.717, 1.165) is 5.56 Å². The Morgan fingerprint density at radius 3 is 2.52 bits per heavy atom. The highest BCUT2D eigenvalue weighted by molar-refractivity contribution is 6.07. The molecule has 2 rings (SSSR count). The van der Waals surface area contributed by atoms with E-state index in [0.29, 0.717) is 36.0 Å². The lowest BCUT2D eigenvalue weighted by atomic mass is 10.1. The molecule has 0 aliphatic heterocycles. The normalized spacial score (nSPS) is 10.2. The standard InChI is InChI=1S/C23H24N2O4/c1-4-15-24-23(27)18-9-7-8-10-19(18)25-22(26)14-12-17-11-13-20(28-5-2)21(16-17)29-6-3/h1,7-14,16H,5-6,15H2,2-3H3,(H,24,27)(H,25,26). The predicted octanol–water partition coefficient (Wildman–Crippen LogP) is 3.50. The largest absolute Gasteiger partial charge is 0.490 e. The van der Waals surface area contributed by atoms with Crippen LogP contribution in [0.25, 0.3) is 6.08 Å². The van der Waals surface area contributed by atoms with Gasteiger partial charge in [0.05, 0.1) is 31.0 Å². The molecule has 0 spiro atoms. The average Bonchev–Trinajstić information content (AvgIpc) is 2.73. The van der Waals surface area contributed by atoms with Crippen molar-refractivity contribution in [3.05, 3.63) is 59.7 Å². The second-order valence-electron chi connectivity index (χ2n) is 5.83. The van der Waals surface area contributed by atoms with Crippen LogP contribution in [0.5, 0.6) is 11.5 Å². The number of benzene rings is 2. The molecule has 2 aromatic rings. The molecule has 0 aliphatic rings. The Bertz CT molecular complexity index is 929. The number of anilines is 1. The molecule has 2 N–H and O–H groups in total. The molecule has 2 amide bonds. The quantitative estimate of drug-likeness (QED) is 0.506. The maximum absolute atomic E-state index is 12.3. The smallest absolute Gasteiger partial charge is 0.254 e. The van der Waals surface area contributed by atoms with Crippen molar-refractivity contribution in [2.24, 2.45) is 0 Å². The third-order valence-corrected chi connectivity index (χ3v) is 3.78. The molecule has 0 unspecified atom stereocenters. The van der Waals surface area contributed by atoms with Crippen LogP contribution in [-0.4, -0.2) is 31.6 Å². The van der Waals surface area contributed by atoms with E-state index >= 15 is 0 Å². The first-order valence-electron chi connectivity index (χ1n) is 9.28. The highest BCUT2D eigenvalue weighted by Crippen LogP contribution is 2.29. The molecule has 0 bridgehead atoms. The fourth-order valence-corrected chi connectivity index (χ4v) is 2.53. The van der Waals surface area contributed by atoms with Gasteiger partial charge in [-0.3, -0.25) is 9.59 Å². The molecule has 0 heterocycles. The van der Waals surface area contributed by atoms with Gasteiger partial charge in [-0.1, -0.05) is 24.1 Å². The zero-order valence-electron chi connectivity index (χ0n) is 16.5. The van der Waals surface area contributed by atoms with Crippen LogP contribution >= 0.6 is 0 Å². The number of carbonyl (C=O) groups excluding carboxylic acids is 2. The number of hydrogen-bond acceptors (Lipinski definition) is 4. The van der Waals surface area contributed by atoms with Crippen molar-refractivity contribution < 1.29 is 19.1 Å². The number of terminal acetylenes is 1. The summed E-state index contributed by atoms with van der Waals surface area (Å²) in [6, 6.07) is 12.2. The molecule has 0 saturated heterocycles. The number of nitrogens with one attached hydrogen (secondary N) is 2. The van der Waals surface area contributed by atoms with Gasteiger partial charge in [-0.05, 0) is 49.8 Å². The third kappa shape index (κ3) is 6.43. The average molecular weight is 392 g/mol. The number of carbonyl (C=O) groups is 2. The topological polar surface area (TPSA) is 76.7 Å². The van der Waals surface area contributed by atoms with E-state index in [2.05, 4.69) is 16.6 Å². The van der Waals surface area contributed by atoms with Crippen LogP contribution in [0.2, 0.25) is 0 Å². The molecule has 29 heavy (non-hydrogen) atoms. The monoisotopic (exact) mass is 392 g/mol. The summed E-state index contributed by atoms with van der Waals surface area (Å²) in [5.41, 5.74) is 1.52. The molecule has 0 atom stereocenters. The Kier molecular flexibility index (Phi) is 8.33. The molecular weight excluding hydrogens is 368 g/mol. The second-order valence-corrected chi connectivity index (χ2v) is 5.83. The van der Waals surface area contributed by atoms with Gasteiger partial charge in [0.2, 0.25) is 5.91 Å². The summed E-state index contributed by atoms with van der Waals surface area (Å²) in [6.07, 6.45) is 8.22. The van der Waals surface area contributed by atoms with Gasteiger partial charge < -0.3 is 20.1 Å². The first-order chi connectivity index (χ1) is 14.1. The zero-order chi connectivity index (χ0) is 21.1. The summed E-state index contributed by atoms with van der Waals surface area (Å²) in [4.78, 5) is 24.5. The Morgan fingerprint density at radius 2 is 1.79 bits per heavy atom. The molecule has 0 radical (unpaired) electrons. The molecule has 6 nitrogen and oxygen atoms in total. The molecular formula is C23H24N2O4. The molecule has 0 saturated carbocycles. The van der Waals surface area contributed by atoms with Crippen molar-refractivity contribution in [1.29, 1.82) is 0 Å². The first kappa shape index (κ1) is 21.6. The van der Waals surface area contributed by atoms with Gasteiger partial charge in [-0.25, -0.2) is 0 Å². The predicted molar refractivity (Wildman–Crippen MR) is 114 cm³/mol. The molecule has 0 aliphatic carbocycles. The maximum atomic E-state index is 12.3. The maximum Gasteiger partial charge on any atom is 0.254 e. The number of para-hydroxylation sites is 1. The van der Waals surface area contributed by atoms with Crippen LogP contribution in [0, 0.1) is 12.3 Å². The van der Waals surface area contributed by atoms with Gasteiger partial charge >= 0.3 is 0 Å². The lowest BCUT2D eigenvalue weighted by Crippen LogP contribution is -2.25. The fourth-order valence-electron chi connectivity index (χ4n) is 2.53.